The monoisotopic (exact) mass is 471 g/mol. The van der Waals surface area contributed by atoms with Gasteiger partial charge < -0.3 is 0 Å². The van der Waals surface area contributed by atoms with E-state index in [1.807, 2.05) is 24.3 Å². The lowest BCUT2D eigenvalue weighted by Crippen LogP contribution is -2.27. The maximum absolute atomic E-state index is 6.25. The van der Waals surface area contributed by atoms with Gasteiger partial charge in [0.05, 0.1) is 19.7 Å². The van der Waals surface area contributed by atoms with Gasteiger partial charge in [0.15, 0.2) is 0 Å². The summed E-state index contributed by atoms with van der Waals surface area (Å²) in [5.74, 6) is 1.23. The predicted octanol–water partition coefficient (Wildman–Crippen LogP) is 7.33. The first-order chi connectivity index (χ1) is 16.0. The van der Waals surface area contributed by atoms with Crippen molar-refractivity contribution in [1.29, 1.82) is 0 Å². The highest BCUT2D eigenvalue weighted by Crippen LogP contribution is 2.39. The topological polar surface area (TPSA) is 6.25 Å². The summed E-state index contributed by atoms with van der Waals surface area (Å²) >= 11 is 12.5. The van der Waals surface area contributed by atoms with Crippen LogP contribution < -0.4 is 0 Å². The highest BCUT2D eigenvalue weighted by atomic mass is 35.5. The standard InChI is InChI=1S/C29H25Cl2N2/c1-32-16-17-33(2)29(32)28-26(21-8-12-24(30)13-9-21)18-23(20-6-4-3-5-7-20)19-27(28)22-10-14-25(31)15-11-22/h3-15,18-19H,16-17H2,1-2H3/q+1. The summed E-state index contributed by atoms with van der Waals surface area (Å²) in [6.45, 7) is 1.98. The van der Waals surface area contributed by atoms with Crippen LogP contribution in [0.4, 0.5) is 0 Å². The van der Waals surface area contributed by atoms with E-state index < -0.39 is 0 Å². The van der Waals surface area contributed by atoms with Gasteiger partial charge in [-0.1, -0.05) is 77.8 Å². The van der Waals surface area contributed by atoms with Gasteiger partial charge >= 0.3 is 0 Å². The van der Waals surface area contributed by atoms with E-state index in [1.54, 1.807) is 0 Å². The van der Waals surface area contributed by atoms with Crippen molar-refractivity contribution in [2.24, 2.45) is 0 Å². The number of benzene rings is 4. The maximum Gasteiger partial charge on any atom is 0.280 e. The first kappa shape index (κ1) is 21.8. The molecule has 0 aliphatic carbocycles. The normalized spacial score (nSPS) is 13.6. The molecule has 0 bridgehead atoms. The predicted molar refractivity (Wildman–Crippen MR) is 141 cm³/mol. The zero-order valence-electron chi connectivity index (χ0n) is 18.7. The van der Waals surface area contributed by atoms with Crippen LogP contribution in [0.1, 0.15) is 5.56 Å². The Morgan fingerprint density at radius 3 is 1.64 bits per heavy atom. The summed E-state index contributed by atoms with van der Waals surface area (Å²) < 4.78 is 2.34. The summed E-state index contributed by atoms with van der Waals surface area (Å²) in [7, 11) is 4.34. The van der Waals surface area contributed by atoms with Crippen LogP contribution in [0.15, 0.2) is 91.0 Å². The second-order valence-electron chi connectivity index (χ2n) is 8.49. The lowest BCUT2D eigenvalue weighted by atomic mass is 9.87. The number of rotatable bonds is 4. The molecule has 4 heteroatoms. The van der Waals surface area contributed by atoms with Crippen LogP contribution in [-0.4, -0.2) is 42.5 Å². The minimum Gasteiger partial charge on any atom is -0.260 e. The molecule has 0 amide bonds. The van der Waals surface area contributed by atoms with Gasteiger partial charge in [-0.25, -0.2) is 0 Å². The van der Waals surface area contributed by atoms with Crippen LogP contribution in [0.25, 0.3) is 33.4 Å². The largest absolute Gasteiger partial charge is 0.280 e. The van der Waals surface area contributed by atoms with E-state index in [2.05, 4.69) is 90.3 Å². The number of hydrogen-bond acceptors (Lipinski definition) is 1. The Labute approximate surface area is 205 Å². The smallest absolute Gasteiger partial charge is 0.260 e. The van der Waals surface area contributed by atoms with Crippen molar-refractivity contribution in [2.75, 3.05) is 27.2 Å². The zero-order chi connectivity index (χ0) is 22.9. The number of likely N-dealkylation sites (N-methyl/N-ethyl adjacent to an activating group) is 2. The van der Waals surface area contributed by atoms with E-state index >= 15 is 0 Å². The van der Waals surface area contributed by atoms with E-state index in [0.717, 1.165) is 34.3 Å². The van der Waals surface area contributed by atoms with E-state index in [4.69, 9.17) is 23.2 Å². The lowest BCUT2D eigenvalue weighted by Gasteiger charge is -2.19. The zero-order valence-corrected chi connectivity index (χ0v) is 20.2. The molecule has 1 aliphatic rings. The Bertz CT molecular complexity index is 1260. The average Bonchev–Trinajstić information content (AvgIpc) is 3.17. The first-order valence-corrected chi connectivity index (χ1v) is 11.8. The van der Waals surface area contributed by atoms with Gasteiger partial charge in [0.25, 0.3) is 5.84 Å². The van der Waals surface area contributed by atoms with Crippen molar-refractivity contribution >= 4 is 29.0 Å². The quantitative estimate of drug-likeness (QED) is 0.282. The third-order valence-corrected chi connectivity index (χ3v) is 6.78. The fourth-order valence-electron chi connectivity index (χ4n) is 4.58. The van der Waals surface area contributed by atoms with E-state index in [-0.39, 0.29) is 0 Å². The Balaban J connectivity index is 1.87. The number of amidine groups is 1. The van der Waals surface area contributed by atoms with Gasteiger partial charge in [-0.15, -0.1) is 0 Å². The highest BCUT2D eigenvalue weighted by molar-refractivity contribution is 6.31. The summed E-state index contributed by atoms with van der Waals surface area (Å²) in [6.07, 6.45) is 0. The summed E-state index contributed by atoms with van der Waals surface area (Å²) in [4.78, 5) is 2.34. The molecule has 2 nitrogen and oxygen atoms in total. The Hall–Kier alpha value is -3.07. The Morgan fingerprint density at radius 2 is 1.18 bits per heavy atom. The van der Waals surface area contributed by atoms with E-state index in [9.17, 15) is 0 Å². The SMILES string of the molecule is CN1CC[N+](C)=C1c1c(-c2ccc(Cl)cc2)cc(-c2ccccc2)cc1-c1ccc(Cl)cc1. The number of hydrogen-bond donors (Lipinski definition) is 0. The summed E-state index contributed by atoms with van der Waals surface area (Å²) in [5, 5.41) is 1.47. The van der Waals surface area contributed by atoms with Gasteiger partial charge in [-0.3, -0.25) is 9.48 Å². The van der Waals surface area contributed by atoms with Crippen molar-refractivity contribution < 1.29 is 4.58 Å². The highest BCUT2D eigenvalue weighted by Gasteiger charge is 2.32. The van der Waals surface area contributed by atoms with Crippen molar-refractivity contribution in [3.8, 4) is 33.4 Å². The number of nitrogens with zero attached hydrogens (tertiary/aromatic N) is 2. The van der Waals surface area contributed by atoms with Gasteiger partial charge in [0.2, 0.25) is 0 Å². The molecule has 5 rings (SSSR count). The van der Waals surface area contributed by atoms with Crippen LogP contribution in [0.3, 0.4) is 0 Å². The molecule has 0 saturated carbocycles. The molecule has 0 unspecified atom stereocenters. The molecule has 164 valence electrons. The van der Waals surface area contributed by atoms with Crippen molar-refractivity contribution in [3.63, 3.8) is 0 Å². The van der Waals surface area contributed by atoms with Gasteiger partial charge in [0, 0.05) is 10.0 Å². The first-order valence-electron chi connectivity index (χ1n) is 11.1. The van der Waals surface area contributed by atoms with Crippen LogP contribution in [-0.2, 0) is 0 Å². The van der Waals surface area contributed by atoms with Gasteiger partial charge in [-0.2, -0.15) is 0 Å². The molecular weight excluding hydrogens is 447 g/mol. The Morgan fingerprint density at radius 1 is 0.667 bits per heavy atom. The van der Waals surface area contributed by atoms with Crippen LogP contribution in [0.5, 0.6) is 0 Å². The third kappa shape index (κ3) is 4.29. The van der Waals surface area contributed by atoms with Crippen molar-refractivity contribution in [2.45, 2.75) is 0 Å². The molecule has 4 aromatic rings. The molecule has 0 N–H and O–H groups in total. The fourth-order valence-corrected chi connectivity index (χ4v) is 4.83. The molecule has 4 aromatic carbocycles. The average molecular weight is 472 g/mol. The van der Waals surface area contributed by atoms with E-state index in [1.165, 1.54) is 33.7 Å². The molecule has 1 aliphatic heterocycles. The minimum atomic E-state index is 0.736. The molecule has 33 heavy (non-hydrogen) atoms. The Kier molecular flexibility index (Phi) is 5.97. The summed E-state index contributed by atoms with van der Waals surface area (Å²) in [6, 6.07) is 31.4. The molecular formula is C29H25Cl2N2+. The maximum atomic E-state index is 6.25. The fraction of sp³-hybridized carbons (Fsp3) is 0.138. The van der Waals surface area contributed by atoms with Gasteiger partial charge in [-0.05, 0) is 69.8 Å². The summed E-state index contributed by atoms with van der Waals surface area (Å²) in [5.41, 5.74) is 8.25. The third-order valence-electron chi connectivity index (χ3n) is 6.27. The minimum absolute atomic E-state index is 0.736. The van der Waals surface area contributed by atoms with Crippen molar-refractivity contribution in [1.82, 2.24) is 4.90 Å². The molecule has 0 radical (unpaired) electrons. The molecule has 0 saturated heterocycles. The second kappa shape index (κ2) is 9.05. The second-order valence-corrected chi connectivity index (χ2v) is 9.37. The molecule has 0 atom stereocenters. The lowest BCUT2D eigenvalue weighted by molar-refractivity contribution is -0.486. The number of halogens is 2. The molecule has 0 fully saturated rings. The molecule has 0 spiro atoms. The molecule has 0 aromatic heterocycles. The molecule has 1 heterocycles. The van der Waals surface area contributed by atoms with E-state index in [0.29, 0.717) is 0 Å². The van der Waals surface area contributed by atoms with Crippen LogP contribution in [0.2, 0.25) is 10.0 Å². The van der Waals surface area contributed by atoms with Crippen LogP contribution in [0, 0.1) is 0 Å². The van der Waals surface area contributed by atoms with Crippen molar-refractivity contribution in [3.05, 3.63) is 107 Å². The van der Waals surface area contributed by atoms with Gasteiger partial charge in [0.1, 0.15) is 13.1 Å². The van der Waals surface area contributed by atoms with Crippen LogP contribution >= 0.6 is 23.2 Å².